The molecule has 8 heteroatoms. The van der Waals surface area contributed by atoms with E-state index in [1.807, 2.05) is 55.4 Å². The number of aliphatic carboxylic acids is 1. The van der Waals surface area contributed by atoms with Crippen molar-refractivity contribution < 1.29 is 14.7 Å². The van der Waals surface area contributed by atoms with Gasteiger partial charge in [-0.3, -0.25) is 14.6 Å². The van der Waals surface area contributed by atoms with Gasteiger partial charge in [-0.1, -0.05) is 36.4 Å². The van der Waals surface area contributed by atoms with Gasteiger partial charge in [0.2, 0.25) is 0 Å². The van der Waals surface area contributed by atoms with Crippen molar-refractivity contribution in [1.82, 2.24) is 15.0 Å². The van der Waals surface area contributed by atoms with Crippen LogP contribution in [0.4, 0.5) is 5.69 Å². The highest BCUT2D eigenvalue weighted by molar-refractivity contribution is 7.14. The predicted octanol–water partition coefficient (Wildman–Crippen LogP) is 3.71. The minimum Gasteiger partial charge on any atom is -0.480 e. The summed E-state index contributed by atoms with van der Waals surface area (Å²) in [6, 6.07) is 14.0. The average molecular weight is 451 g/mol. The summed E-state index contributed by atoms with van der Waals surface area (Å²) in [6.07, 6.45) is 1.82. The Morgan fingerprint density at radius 3 is 2.38 bits per heavy atom. The Hall–Kier alpha value is -3.23. The van der Waals surface area contributed by atoms with E-state index >= 15 is 0 Å². The van der Waals surface area contributed by atoms with Crippen LogP contribution in [0.3, 0.4) is 0 Å². The Morgan fingerprint density at radius 2 is 1.78 bits per heavy atom. The van der Waals surface area contributed by atoms with Gasteiger partial charge in [0, 0.05) is 42.5 Å². The van der Waals surface area contributed by atoms with Crippen LogP contribution in [0.15, 0.2) is 48.7 Å². The first-order chi connectivity index (χ1) is 15.3. The maximum atomic E-state index is 13.2. The molecule has 0 aliphatic carbocycles. The number of carbonyl (C=O) groups is 2. The first kappa shape index (κ1) is 22.0. The maximum absolute atomic E-state index is 13.2. The largest absolute Gasteiger partial charge is 0.480 e. The van der Waals surface area contributed by atoms with Gasteiger partial charge in [-0.15, -0.1) is 11.3 Å². The Balaban J connectivity index is 1.55. The number of rotatable bonds is 7. The van der Waals surface area contributed by atoms with Gasteiger partial charge in [-0.25, -0.2) is 9.99 Å². The van der Waals surface area contributed by atoms with Gasteiger partial charge < -0.3 is 10.0 Å². The third-order valence-corrected chi connectivity index (χ3v) is 6.64. The van der Waals surface area contributed by atoms with Crippen LogP contribution in [0.5, 0.6) is 0 Å². The number of likely N-dealkylation sites (N-methyl/N-ethyl adjacent to an activating group) is 1. The van der Waals surface area contributed by atoms with Crippen LogP contribution in [0.25, 0.3) is 10.6 Å². The van der Waals surface area contributed by atoms with Crippen molar-refractivity contribution >= 4 is 28.9 Å². The van der Waals surface area contributed by atoms with Gasteiger partial charge in [0.15, 0.2) is 0 Å². The first-order valence-corrected chi connectivity index (χ1v) is 11.2. The summed E-state index contributed by atoms with van der Waals surface area (Å²) >= 11 is 1.58. The van der Waals surface area contributed by atoms with Crippen LogP contribution in [-0.4, -0.2) is 52.1 Å². The molecule has 0 saturated heterocycles. The quantitative estimate of drug-likeness (QED) is 0.591. The Kier molecular flexibility index (Phi) is 6.25. The number of hydrazine groups is 1. The third-order valence-electron chi connectivity index (χ3n) is 5.68. The summed E-state index contributed by atoms with van der Waals surface area (Å²) in [4.78, 5) is 32.0. The molecule has 0 saturated carbocycles. The molecule has 1 aliphatic rings. The van der Waals surface area contributed by atoms with E-state index in [1.54, 1.807) is 28.3 Å². The number of aromatic nitrogens is 1. The molecule has 2 heterocycles. The fourth-order valence-electron chi connectivity index (χ4n) is 3.91. The lowest BCUT2D eigenvalue weighted by Crippen LogP contribution is -2.47. The second-order valence-corrected chi connectivity index (χ2v) is 9.27. The number of carbonyl (C=O) groups excluding carboxylic acids is 1. The SMILES string of the molecule is Cc1cnc(-c2ccc(C)c(N(CC(=O)O)CC(=O)N(C)N3Cc4ccccc4C3)c2)s1. The average Bonchev–Trinajstić information content (AvgIpc) is 3.39. The predicted molar refractivity (Wildman–Crippen MR) is 125 cm³/mol. The topological polar surface area (TPSA) is 77.0 Å². The highest BCUT2D eigenvalue weighted by Crippen LogP contribution is 2.31. The molecule has 0 spiro atoms. The van der Waals surface area contributed by atoms with E-state index in [2.05, 4.69) is 17.1 Å². The molecule has 0 atom stereocenters. The van der Waals surface area contributed by atoms with Crippen LogP contribution in [-0.2, 0) is 22.7 Å². The third kappa shape index (κ3) is 4.66. The number of amides is 1. The van der Waals surface area contributed by atoms with E-state index in [0.29, 0.717) is 13.1 Å². The maximum Gasteiger partial charge on any atom is 0.323 e. The highest BCUT2D eigenvalue weighted by atomic mass is 32.1. The Labute approximate surface area is 191 Å². The van der Waals surface area contributed by atoms with Gasteiger partial charge in [0.25, 0.3) is 5.91 Å². The monoisotopic (exact) mass is 450 g/mol. The summed E-state index contributed by atoms with van der Waals surface area (Å²) in [5.74, 6) is -1.14. The number of nitrogens with zero attached hydrogens (tertiary/aromatic N) is 4. The summed E-state index contributed by atoms with van der Waals surface area (Å²) in [6.45, 7) is 4.95. The van der Waals surface area contributed by atoms with Crippen molar-refractivity contribution in [2.45, 2.75) is 26.9 Å². The number of carboxylic acid groups (broad SMARTS) is 1. The summed E-state index contributed by atoms with van der Waals surface area (Å²) in [7, 11) is 1.74. The molecule has 1 N–H and O–H groups in total. The van der Waals surface area contributed by atoms with Gasteiger partial charge in [0.05, 0.1) is 6.54 Å². The van der Waals surface area contributed by atoms with Crippen molar-refractivity contribution in [2.75, 3.05) is 25.0 Å². The molecule has 7 nitrogen and oxygen atoms in total. The molecule has 166 valence electrons. The Bertz CT molecular complexity index is 1130. The van der Waals surface area contributed by atoms with Gasteiger partial charge in [-0.05, 0) is 36.6 Å². The fraction of sp³-hybridized carbons (Fsp3) is 0.292. The zero-order chi connectivity index (χ0) is 22.8. The number of benzene rings is 2. The molecular formula is C24H26N4O3S. The number of hydrogen-bond donors (Lipinski definition) is 1. The van der Waals surface area contributed by atoms with E-state index in [9.17, 15) is 14.7 Å². The van der Waals surface area contributed by atoms with Crippen LogP contribution in [0.1, 0.15) is 21.6 Å². The normalized spacial score (nSPS) is 13.1. The van der Waals surface area contributed by atoms with E-state index in [1.165, 1.54) is 11.1 Å². The zero-order valence-electron chi connectivity index (χ0n) is 18.4. The lowest BCUT2D eigenvalue weighted by molar-refractivity contribution is -0.145. The van der Waals surface area contributed by atoms with Crippen molar-refractivity contribution in [3.05, 3.63) is 70.2 Å². The van der Waals surface area contributed by atoms with E-state index in [0.717, 1.165) is 26.7 Å². The number of anilines is 1. The van der Waals surface area contributed by atoms with Crippen LogP contribution < -0.4 is 4.90 Å². The molecule has 0 radical (unpaired) electrons. The molecule has 32 heavy (non-hydrogen) atoms. The second-order valence-electron chi connectivity index (χ2n) is 8.04. The second kappa shape index (κ2) is 9.10. The Morgan fingerprint density at radius 1 is 1.09 bits per heavy atom. The lowest BCUT2D eigenvalue weighted by Gasteiger charge is -2.31. The molecule has 1 aliphatic heterocycles. The van der Waals surface area contributed by atoms with Crippen LogP contribution >= 0.6 is 11.3 Å². The minimum atomic E-state index is -0.982. The van der Waals surface area contributed by atoms with E-state index in [-0.39, 0.29) is 19.0 Å². The number of fused-ring (bicyclic) bond motifs is 1. The lowest BCUT2D eigenvalue weighted by atomic mass is 10.1. The number of thiazole rings is 1. The molecule has 0 fully saturated rings. The smallest absolute Gasteiger partial charge is 0.323 e. The van der Waals surface area contributed by atoms with Crippen molar-refractivity contribution in [3.8, 4) is 10.6 Å². The van der Waals surface area contributed by atoms with Crippen LogP contribution in [0.2, 0.25) is 0 Å². The van der Waals surface area contributed by atoms with Gasteiger partial charge >= 0.3 is 5.97 Å². The van der Waals surface area contributed by atoms with Gasteiger partial charge in [0.1, 0.15) is 11.6 Å². The number of hydrogen-bond acceptors (Lipinski definition) is 6. The standard InChI is InChI=1S/C24H26N4O3S/c1-16-8-9-18(24-25-11-17(2)32-24)10-21(16)27(15-23(30)31)14-22(29)26(3)28-12-19-6-4-5-7-20(19)13-28/h4-11H,12-15H2,1-3H3,(H,30,31). The number of carboxylic acids is 1. The molecule has 4 rings (SSSR count). The molecule has 1 aromatic heterocycles. The molecule has 0 unspecified atom stereocenters. The number of aryl methyl sites for hydroxylation is 2. The zero-order valence-corrected chi connectivity index (χ0v) is 19.2. The van der Waals surface area contributed by atoms with Crippen LogP contribution in [0, 0.1) is 13.8 Å². The summed E-state index contributed by atoms with van der Waals surface area (Å²) in [5, 5.41) is 14.0. The molecule has 1 amide bonds. The fourth-order valence-corrected chi connectivity index (χ4v) is 4.67. The van der Waals surface area contributed by atoms with Crippen molar-refractivity contribution in [1.29, 1.82) is 0 Å². The first-order valence-electron chi connectivity index (χ1n) is 10.4. The van der Waals surface area contributed by atoms with Gasteiger partial charge in [-0.2, -0.15) is 0 Å². The molecule has 0 bridgehead atoms. The van der Waals surface area contributed by atoms with E-state index in [4.69, 9.17) is 0 Å². The molecule has 3 aromatic rings. The summed E-state index contributed by atoms with van der Waals surface area (Å²) < 4.78 is 0. The molecular weight excluding hydrogens is 424 g/mol. The molecule has 2 aromatic carbocycles. The van der Waals surface area contributed by atoms with Crippen molar-refractivity contribution in [2.24, 2.45) is 0 Å². The highest BCUT2D eigenvalue weighted by Gasteiger charge is 2.27. The van der Waals surface area contributed by atoms with Crippen molar-refractivity contribution in [3.63, 3.8) is 0 Å². The summed E-state index contributed by atoms with van der Waals surface area (Å²) in [5.41, 5.74) is 4.96. The minimum absolute atomic E-state index is 0.0309. The van der Waals surface area contributed by atoms with E-state index < -0.39 is 5.97 Å².